The molecule has 0 amide bonds. The summed E-state index contributed by atoms with van der Waals surface area (Å²) in [5.41, 5.74) is 5.72. The Morgan fingerprint density at radius 3 is 2.63 bits per heavy atom. The van der Waals surface area contributed by atoms with Gasteiger partial charge in [0.15, 0.2) is 0 Å². The molecule has 1 aliphatic heterocycles. The van der Waals surface area contributed by atoms with Crippen LogP contribution in [0.1, 0.15) is 42.5 Å². The highest BCUT2D eigenvalue weighted by molar-refractivity contribution is 7.79. The topological polar surface area (TPSA) is 114 Å². The summed E-state index contributed by atoms with van der Waals surface area (Å²) in [6.45, 7) is 8.18. The van der Waals surface area contributed by atoms with Gasteiger partial charge in [0.05, 0.1) is 11.1 Å². The van der Waals surface area contributed by atoms with Crippen molar-refractivity contribution in [2.24, 2.45) is 0 Å². The van der Waals surface area contributed by atoms with E-state index in [1.54, 1.807) is 19.3 Å². The van der Waals surface area contributed by atoms with Crippen LogP contribution in [0.3, 0.4) is 0 Å². The molecule has 2 N–H and O–H groups in total. The summed E-state index contributed by atoms with van der Waals surface area (Å²) in [5, 5.41) is 4.37. The lowest BCUT2D eigenvalue weighted by Gasteiger charge is -2.34. The molecule has 1 aromatic carbocycles. The van der Waals surface area contributed by atoms with Crippen molar-refractivity contribution >= 4 is 33.4 Å². The lowest BCUT2D eigenvalue weighted by atomic mass is 9.86. The maximum Gasteiger partial charge on any atom is 0.259 e. The van der Waals surface area contributed by atoms with E-state index in [0.29, 0.717) is 23.7 Å². The van der Waals surface area contributed by atoms with Gasteiger partial charge in [-0.3, -0.25) is 14.0 Å². The van der Waals surface area contributed by atoms with E-state index < -0.39 is 11.1 Å². The highest BCUT2D eigenvalue weighted by atomic mass is 32.2. The van der Waals surface area contributed by atoms with E-state index in [0.717, 1.165) is 54.0 Å². The lowest BCUT2D eigenvalue weighted by molar-refractivity contribution is 0.213. The minimum Gasteiger partial charge on any atom is -0.772 e. The van der Waals surface area contributed by atoms with Crippen LogP contribution in [-0.4, -0.2) is 53.5 Å². The minimum absolute atomic E-state index is 0.193. The quantitative estimate of drug-likeness (QED) is 0.330. The Morgan fingerprint density at radius 1 is 1.16 bits per heavy atom. The van der Waals surface area contributed by atoms with Crippen molar-refractivity contribution < 1.29 is 8.76 Å². The third kappa shape index (κ3) is 5.70. The van der Waals surface area contributed by atoms with Crippen molar-refractivity contribution in [3.8, 4) is 11.3 Å². The number of pyridine rings is 3. The Bertz CT molecular complexity index is 1530. The fourth-order valence-electron chi connectivity index (χ4n) is 5.27. The maximum atomic E-state index is 12.8. The van der Waals surface area contributed by atoms with E-state index in [4.69, 9.17) is 4.98 Å². The number of hydrogen-bond acceptors (Lipinski definition) is 7. The first-order valence-corrected chi connectivity index (χ1v) is 14.1. The average molecular weight is 531 g/mol. The number of anilines is 2. The number of nitrogens with one attached hydrogen (secondary N) is 2. The van der Waals surface area contributed by atoms with Crippen LogP contribution in [0.4, 0.5) is 11.5 Å². The fourth-order valence-corrected chi connectivity index (χ4v) is 5.60. The summed E-state index contributed by atoms with van der Waals surface area (Å²) in [5.74, 6) is 0.942. The Balaban J connectivity index is 1.38. The number of nitrogens with zero attached hydrogens (tertiary/aromatic N) is 3. The molecule has 2 atom stereocenters. The van der Waals surface area contributed by atoms with E-state index in [1.165, 1.54) is 11.1 Å². The van der Waals surface area contributed by atoms with Crippen LogP contribution in [-0.2, 0) is 11.1 Å². The third-order valence-electron chi connectivity index (χ3n) is 7.37. The number of benzene rings is 1. The summed E-state index contributed by atoms with van der Waals surface area (Å²) < 4.78 is 22.4. The predicted octanol–water partition coefficient (Wildman–Crippen LogP) is 4.79. The van der Waals surface area contributed by atoms with E-state index >= 15 is 0 Å². The lowest BCUT2D eigenvalue weighted by Crippen LogP contribution is -2.38. The molecule has 8 nitrogen and oxygen atoms in total. The molecule has 0 saturated carbocycles. The smallest absolute Gasteiger partial charge is 0.259 e. The number of aromatic nitrogens is 3. The van der Waals surface area contributed by atoms with Gasteiger partial charge in [0, 0.05) is 41.1 Å². The van der Waals surface area contributed by atoms with E-state index in [2.05, 4.69) is 39.2 Å². The summed E-state index contributed by atoms with van der Waals surface area (Å²) in [6.07, 6.45) is 5.45. The fraction of sp³-hybridized carbons (Fsp3) is 0.345. The molecule has 1 fully saturated rings. The van der Waals surface area contributed by atoms with Gasteiger partial charge in [-0.15, -0.1) is 0 Å². The predicted molar refractivity (Wildman–Crippen MR) is 152 cm³/mol. The molecule has 0 aliphatic carbocycles. The zero-order chi connectivity index (χ0) is 26.8. The number of aryl methyl sites for hydroxylation is 2. The van der Waals surface area contributed by atoms with Gasteiger partial charge >= 0.3 is 0 Å². The van der Waals surface area contributed by atoms with E-state index in [-0.39, 0.29) is 10.8 Å². The molecule has 2 unspecified atom stereocenters. The van der Waals surface area contributed by atoms with Crippen molar-refractivity contribution in [2.75, 3.05) is 25.0 Å². The number of hydrogen-bond donors (Lipinski definition) is 2. The summed E-state index contributed by atoms with van der Waals surface area (Å²) in [7, 11) is 0. The molecule has 0 radical (unpaired) electrons. The normalized spacial score (nSPS) is 16.4. The number of fused-ring (bicyclic) bond motifs is 1. The molecular weight excluding hydrogens is 498 g/mol. The van der Waals surface area contributed by atoms with Crippen molar-refractivity contribution in [1.29, 1.82) is 0 Å². The van der Waals surface area contributed by atoms with Crippen LogP contribution in [0, 0.1) is 13.8 Å². The number of H-pyrrole nitrogens is 1. The molecule has 9 heteroatoms. The summed E-state index contributed by atoms with van der Waals surface area (Å²) >= 11 is -2.03. The second-order valence-electron chi connectivity index (χ2n) is 10.2. The Hall–Kier alpha value is -3.40. The van der Waals surface area contributed by atoms with Crippen LogP contribution in [0.5, 0.6) is 0 Å². The van der Waals surface area contributed by atoms with Gasteiger partial charge < -0.3 is 19.8 Å². The van der Waals surface area contributed by atoms with Crippen molar-refractivity contribution in [1.82, 2.24) is 19.9 Å². The summed E-state index contributed by atoms with van der Waals surface area (Å²) in [6, 6.07) is 14.0. The minimum atomic E-state index is -2.03. The Morgan fingerprint density at radius 2 is 1.95 bits per heavy atom. The van der Waals surface area contributed by atoms with Crippen molar-refractivity contribution in [3.63, 3.8) is 0 Å². The monoisotopic (exact) mass is 530 g/mol. The van der Waals surface area contributed by atoms with Crippen LogP contribution < -0.4 is 10.9 Å². The first-order chi connectivity index (χ1) is 18.3. The molecule has 4 aromatic rings. The number of piperidine rings is 1. The molecule has 38 heavy (non-hydrogen) atoms. The second-order valence-corrected chi connectivity index (χ2v) is 11.5. The second kappa shape index (κ2) is 11.1. The Labute approximate surface area is 224 Å². The third-order valence-corrected chi connectivity index (χ3v) is 8.17. The van der Waals surface area contributed by atoms with Gasteiger partial charge in [-0.05, 0) is 98.6 Å². The van der Waals surface area contributed by atoms with Crippen LogP contribution in [0.15, 0.2) is 59.7 Å². The van der Waals surface area contributed by atoms with Gasteiger partial charge in [0.1, 0.15) is 5.82 Å². The maximum absolute atomic E-state index is 12.8. The molecule has 198 valence electrons. The van der Waals surface area contributed by atoms with Gasteiger partial charge in [-0.25, -0.2) is 4.98 Å². The van der Waals surface area contributed by atoms with Crippen molar-refractivity contribution in [3.05, 3.63) is 82.0 Å². The van der Waals surface area contributed by atoms with Crippen molar-refractivity contribution in [2.45, 2.75) is 44.8 Å². The molecule has 0 spiro atoms. The van der Waals surface area contributed by atoms with E-state index in [9.17, 15) is 13.6 Å². The highest BCUT2D eigenvalue weighted by Gasteiger charge is 2.23. The zero-order valence-corrected chi connectivity index (χ0v) is 22.7. The first-order valence-electron chi connectivity index (χ1n) is 12.9. The molecule has 3 aromatic heterocycles. The number of rotatable bonds is 7. The molecule has 0 bridgehead atoms. The standard InChI is InChI=1S/C29H33N5O3S/c1-18-14-24(6-7-25(18)21-9-12-34(13-10-21)17-20(3)38(36)37)32-28-27-22(8-11-30-29(27)35)15-26(33-28)23-5-4-19(2)31-16-23/h4-8,11,14-16,20-21H,9-10,12-13,17H2,1-3H3,(H,30,35)(H,32,33)(H,36,37)/p-1. The van der Waals surface area contributed by atoms with Gasteiger partial charge in [-0.2, -0.15) is 0 Å². The zero-order valence-electron chi connectivity index (χ0n) is 21.9. The molecule has 5 rings (SSSR count). The largest absolute Gasteiger partial charge is 0.772 e. The molecule has 1 aliphatic rings. The highest BCUT2D eigenvalue weighted by Crippen LogP contribution is 2.33. The number of likely N-dealkylation sites (tertiary alicyclic amines) is 1. The van der Waals surface area contributed by atoms with Gasteiger partial charge in [0.25, 0.3) is 5.56 Å². The van der Waals surface area contributed by atoms with Crippen LogP contribution in [0.25, 0.3) is 22.0 Å². The van der Waals surface area contributed by atoms with Crippen LogP contribution >= 0.6 is 0 Å². The first kappa shape index (κ1) is 26.2. The van der Waals surface area contributed by atoms with Gasteiger partial charge in [-0.1, -0.05) is 24.1 Å². The van der Waals surface area contributed by atoms with Crippen LogP contribution in [0.2, 0.25) is 0 Å². The summed E-state index contributed by atoms with van der Waals surface area (Å²) in [4.78, 5) is 27.0. The van der Waals surface area contributed by atoms with E-state index in [1.807, 2.05) is 37.3 Å². The Kier molecular flexibility index (Phi) is 7.69. The molecular formula is C29H32N5O3S-. The molecule has 4 heterocycles. The van der Waals surface area contributed by atoms with Gasteiger partial charge in [0.2, 0.25) is 0 Å². The molecule has 1 saturated heterocycles. The number of aromatic amines is 1. The average Bonchev–Trinajstić information content (AvgIpc) is 2.89. The SMILES string of the molecule is Cc1ccc(-c2cc3cc[nH]c(=O)c3c(Nc3ccc(C4CCN(CC(C)S(=O)[O-])CC4)c(C)c3)n2)cn1.